The van der Waals surface area contributed by atoms with Gasteiger partial charge in [-0.2, -0.15) is 0 Å². The SMILES string of the molecule is CC(C)CNCC1CC1c1ccc2ccccc2n1. The number of benzene rings is 1. The van der Waals surface area contributed by atoms with Gasteiger partial charge < -0.3 is 5.32 Å². The third-order valence-electron chi connectivity index (χ3n) is 3.88. The Bertz CT molecular complexity index is 562. The van der Waals surface area contributed by atoms with Crippen molar-refractivity contribution in [3.05, 3.63) is 42.1 Å². The second-order valence-corrected chi connectivity index (χ2v) is 6.08. The average Bonchev–Trinajstić information content (AvgIpc) is 3.17. The van der Waals surface area contributed by atoms with Crippen molar-refractivity contribution in [1.82, 2.24) is 10.3 Å². The molecular formula is C17H22N2. The fraction of sp³-hybridized carbons (Fsp3) is 0.471. The molecule has 2 unspecified atom stereocenters. The van der Waals surface area contributed by atoms with Gasteiger partial charge in [0.2, 0.25) is 0 Å². The number of hydrogen-bond acceptors (Lipinski definition) is 2. The number of pyridine rings is 1. The molecule has 19 heavy (non-hydrogen) atoms. The van der Waals surface area contributed by atoms with Crippen LogP contribution in [0.4, 0.5) is 0 Å². The van der Waals surface area contributed by atoms with Crippen molar-refractivity contribution in [2.75, 3.05) is 13.1 Å². The standard InChI is InChI=1S/C17H22N2/c1-12(2)10-18-11-14-9-15(14)17-8-7-13-5-3-4-6-16(13)19-17/h3-8,12,14-15,18H,9-11H2,1-2H3. The van der Waals surface area contributed by atoms with Crippen molar-refractivity contribution in [2.45, 2.75) is 26.2 Å². The van der Waals surface area contributed by atoms with Crippen molar-refractivity contribution in [3.8, 4) is 0 Å². The topological polar surface area (TPSA) is 24.9 Å². The van der Waals surface area contributed by atoms with Crippen LogP contribution in [-0.2, 0) is 0 Å². The predicted octanol–water partition coefficient (Wildman–Crippen LogP) is 3.58. The first kappa shape index (κ1) is 12.6. The Morgan fingerprint density at radius 3 is 2.89 bits per heavy atom. The number of nitrogens with zero attached hydrogens (tertiary/aromatic N) is 1. The Labute approximate surface area is 115 Å². The summed E-state index contributed by atoms with van der Waals surface area (Å²) in [4.78, 5) is 4.80. The normalized spacial score (nSPS) is 22.1. The summed E-state index contributed by atoms with van der Waals surface area (Å²) in [5.41, 5.74) is 2.40. The van der Waals surface area contributed by atoms with Crippen LogP contribution in [0.2, 0.25) is 0 Å². The maximum absolute atomic E-state index is 4.80. The van der Waals surface area contributed by atoms with Crippen LogP contribution in [0, 0.1) is 11.8 Å². The number of hydrogen-bond donors (Lipinski definition) is 1. The van der Waals surface area contributed by atoms with Crippen LogP contribution in [-0.4, -0.2) is 18.1 Å². The smallest absolute Gasteiger partial charge is 0.0705 e. The summed E-state index contributed by atoms with van der Waals surface area (Å²) in [5.74, 6) is 2.19. The lowest BCUT2D eigenvalue weighted by molar-refractivity contribution is 0.532. The summed E-state index contributed by atoms with van der Waals surface area (Å²) in [5, 5.41) is 4.79. The zero-order valence-corrected chi connectivity index (χ0v) is 11.8. The fourth-order valence-corrected chi connectivity index (χ4v) is 2.68. The van der Waals surface area contributed by atoms with Crippen molar-refractivity contribution in [1.29, 1.82) is 0 Å². The van der Waals surface area contributed by atoms with Gasteiger partial charge in [0.05, 0.1) is 5.52 Å². The summed E-state index contributed by atoms with van der Waals surface area (Å²) in [6.45, 7) is 6.76. The molecule has 1 aliphatic carbocycles. The number of rotatable bonds is 5. The highest BCUT2D eigenvalue weighted by Crippen LogP contribution is 2.46. The van der Waals surface area contributed by atoms with Crippen molar-refractivity contribution >= 4 is 10.9 Å². The van der Waals surface area contributed by atoms with E-state index in [1.165, 1.54) is 17.5 Å². The van der Waals surface area contributed by atoms with Crippen LogP contribution in [0.25, 0.3) is 10.9 Å². The largest absolute Gasteiger partial charge is 0.316 e. The summed E-state index contributed by atoms with van der Waals surface area (Å²) < 4.78 is 0. The Morgan fingerprint density at radius 2 is 2.05 bits per heavy atom. The van der Waals surface area contributed by atoms with E-state index in [-0.39, 0.29) is 0 Å². The Morgan fingerprint density at radius 1 is 1.21 bits per heavy atom. The molecule has 2 heteroatoms. The van der Waals surface area contributed by atoms with Gasteiger partial charge in [-0.3, -0.25) is 4.98 Å². The molecule has 1 aromatic heterocycles. The molecule has 0 spiro atoms. The second-order valence-electron chi connectivity index (χ2n) is 6.08. The van der Waals surface area contributed by atoms with Gasteiger partial charge in [-0.05, 0) is 43.5 Å². The third-order valence-corrected chi connectivity index (χ3v) is 3.88. The van der Waals surface area contributed by atoms with E-state index in [0.717, 1.165) is 30.4 Å². The first-order chi connectivity index (χ1) is 9.24. The molecule has 0 amide bonds. The van der Waals surface area contributed by atoms with Gasteiger partial charge in [-0.25, -0.2) is 0 Å². The van der Waals surface area contributed by atoms with Gasteiger partial charge in [-0.15, -0.1) is 0 Å². The maximum atomic E-state index is 4.80. The minimum absolute atomic E-state index is 0.671. The molecule has 2 atom stereocenters. The lowest BCUT2D eigenvalue weighted by atomic mass is 10.1. The average molecular weight is 254 g/mol. The van der Waals surface area contributed by atoms with E-state index < -0.39 is 0 Å². The second kappa shape index (κ2) is 5.30. The molecule has 1 aliphatic rings. The van der Waals surface area contributed by atoms with Crippen LogP contribution < -0.4 is 5.32 Å². The highest BCUT2D eigenvalue weighted by Gasteiger charge is 2.38. The van der Waals surface area contributed by atoms with E-state index in [2.05, 4.69) is 55.6 Å². The van der Waals surface area contributed by atoms with E-state index in [4.69, 9.17) is 4.98 Å². The van der Waals surface area contributed by atoms with Gasteiger partial charge in [0.25, 0.3) is 0 Å². The van der Waals surface area contributed by atoms with Crippen molar-refractivity contribution in [2.24, 2.45) is 11.8 Å². The number of fused-ring (bicyclic) bond motifs is 1. The van der Waals surface area contributed by atoms with E-state index in [1.54, 1.807) is 0 Å². The van der Waals surface area contributed by atoms with Gasteiger partial charge in [0.15, 0.2) is 0 Å². The Kier molecular flexibility index (Phi) is 3.52. The molecule has 2 nitrogen and oxygen atoms in total. The van der Waals surface area contributed by atoms with Crippen LogP contribution in [0.3, 0.4) is 0 Å². The van der Waals surface area contributed by atoms with Crippen molar-refractivity contribution < 1.29 is 0 Å². The van der Waals surface area contributed by atoms with E-state index >= 15 is 0 Å². The molecule has 1 heterocycles. The minimum atomic E-state index is 0.671. The summed E-state index contributed by atoms with van der Waals surface area (Å²) >= 11 is 0. The maximum Gasteiger partial charge on any atom is 0.0705 e. The number of aromatic nitrogens is 1. The van der Waals surface area contributed by atoms with Crippen molar-refractivity contribution in [3.63, 3.8) is 0 Å². The predicted molar refractivity (Wildman–Crippen MR) is 80.3 cm³/mol. The lowest BCUT2D eigenvalue weighted by Gasteiger charge is -2.07. The quantitative estimate of drug-likeness (QED) is 0.882. The highest BCUT2D eigenvalue weighted by molar-refractivity contribution is 5.78. The van der Waals surface area contributed by atoms with E-state index in [9.17, 15) is 0 Å². The molecule has 1 N–H and O–H groups in total. The summed E-state index contributed by atoms with van der Waals surface area (Å²) in [6.07, 6.45) is 1.29. The molecule has 100 valence electrons. The third kappa shape index (κ3) is 2.95. The monoisotopic (exact) mass is 254 g/mol. The lowest BCUT2D eigenvalue weighted by Crippen LogP contribution is -2.22. The summed E-state index contributed by atoms with van der Waals surface area (Å²) in [6, 6.07) is 12.8. The number of nitrogens with one attached hydrogen (secondary N) is 1. The number of para-hydroxylation sites is 1. The molecule has 1 aromatic carbocycles. The Hall–Kier alpha value is -1.41. The first-order valence-electron chi connectivity index (χ1n) is 7.30. The van der Waals surface area contributed by atoms with Crippen LogP contribution >= 0.6 is 0 Å². The fourth-order valence-electron chi connectivity index (χ4n) is 2.68. The first-order valence-corrected chi connectivity index (χ1v) is 7.30. The molecule has 3 rings (SSSR count). The highest BCUT2D eigenvalue weighted by atomic mass is 14.9. The van der Waals surface area contributed by atoms with Gasteiger partial charge in [-0.1, -0.05) is 38.1 Å². The molecule has 1 fully saturated rings. The molecule has 2 aromatic rings. The van der Waals surface area contributed by atoms with Gasteiger partial charge in [0.1, 0.15) is 0 Å². The van der Waals surface area contributed by atoms with Crippen LogP contribution in [0.5, 0.6) is 0 Å². The molecular weight excluding hydrogens is 232 g/mol. The molecule has 0 saturated heterocycles. The molecule has 1 saturated carbocycles. The summed E-state index contributed by atoms with van der Waals surface area (Å²) in [7, 11) is 0. The zero-order chi connectivity index (χ0) is 13.2. The van der Waals surface area contributed by atoms with E-state index in [0.29, 0.717) is 5.92 Å². The zero-order valence-electron chi connectivity index (χ0n) is 11.8. The van der Waals surface area contributed by atoms with Crippen LogP contribution in [0.15, 0.2) is 36.4 Å². The molecule has 0 bridgehead atoms. The molecule has 0 radical (unpaired) electrons. The Balaban J connectivity index is 1.63. The van der Waals surface area contributed by atoms with E-state index in [1.807, 2.05) is 0 Å². The van der Waals surface area contributed by atoms with Gasteiger partial charge >= 0.3 is 0 Å². The minimum Gasteiger partial charge on any atom is -0.316 e. The molecule has 0 aliphatic heterocycles. The van der Waals surface area contributed by atoms with Crippen LogP contribution in [0.1, 0.15) is 31.9 Å². The van der Waals surface area contributed by atoms with Gasteiger partial charge in [0, 0.05) is 17.0 Å².